The minimum atomic E-state index is -2.73. The Morgan fingerprint density at radius 2 is 2.06 bits per heavy atom. The van der Waals surface area contributed by atoms with Crippen LogP contribution in [0.3, 0.4) is 0 Å². The van der Waals surface area contributed by atoms with Crippen LogP contribution < -0.4 is 25.8 Å². The van der Waals surface area contributed by atoms with E-state index in [0.717, 1.165) is 24.0 Å². The molecule has 1 atom stereocenters. The lowest BCUT2D eigenvalue weighted by Gasteiger charge is -2.39. The predicted molar refractivity (Wildman–Crippen MR) is 126 cm³/mol. The highest BCUT2D eigenvalue weighted by molar-refractivity contribution is 6.04. The van der Waals surface area contributed by atoms with Crippen LogP contribution in [0.15, 0.2) is 42.6 Å². The molecule has 174 valence electrons. The molecule has 3 aromatic rings. The number of amides is 2. The van der Waals surface area contributed by atoms with Gasteiger partial charge >= 0.3 is 0 Å². The van der Waals surface area contributed by atoms with Crippen molar-refractivity contribution >= 4 is 46.2 Å². The third kappa shape index (κ3) is 3.85. The predicted octanol–water partition coefficient (Wildman–Crippen LogP) is 2.80. The molecule has 0 unspecified atom stereocenters. The summed E-state index contributed by atoms with van der Waals surface area (Å²) >= 11 is 0. The number of anilines is 6. The van der Waals surface area contributed by atoms with Crippen molar-refractivity contribution in [2.45, 2.75) is 18.9 Å². The van der Waals surface area contributed by atoms with Crippen molar-refractivity contribution in [1.29, 1.82) is 0 Å². The van der Waals surface area contributed by atoms with E-state index in [1.54, 1.807) is 17.0 Å². The molecule has 0 spiro atoms. The van der Waals surface area contributed by atoms with Gasteiger partial charge in [0.2, 0.25) is 5.91 Å². The summed E-state index contributed by atoms with van der Waals surface area (Å²) in [7, 11) is 1.92. The van der Waals surface area contributed by atoms with Crippen molar-refractivity contribution in [2.75, 3.05) is 41.0 Å². The first-order chi connectivity index (χ1) is 17.6. The van der Waals surface area contributed by atoms with E-state index in [0.29, 0.717) is 18.7 Å². The van der Waals surface area contributed by atoms with Crippen molar-refractivity contribution in [2.24, 2.45) is 0 Å². The molecule has 2 aliphatic rings. The molecule has 0 radical (unpaired) electrons. The Kier molecular flexibility index (Phi) is 4.59. The Hall–Kier alpha value is -4.28. The van der Waals surface area contributed by atoms with Crippen LogP contribution in [0.4, 0.5) is 38.8 Å². The molecule has 1 saturated heterocycles. The van der Waals surface area contributed by atoms with Gasteiger partial charge in [-0.15, -0.1) is 10.2 Å². The summed E-state index contributed by atoms with van der Waals surface area (Å²) in [5, 5.41) is 15.9. The Morgan fingerprint density at radius 3 is 2.85 bits per heavy atom. The second kappa shape index (κ2) is 8.58. The number of likely N-dealkylation sites (N-methyl/N-ethyl adjacent to an activating group) is 1. The fraction of sp³-hybridized carbons (Fsp3) is 0.261. The number of nitrogens with one attached hydrogen (secondary N) is 3. The van der Waals surface area contributed by atoms with Gasteiger partial charge in [0.1, 0.15) is 11.6 Å². The van der Waals surface area contributed by atoms with Gasteiger partial charge < -0.3 is 25.8 Å². The van der Waals surface area contributed by atoms with Gasteiger partial charge in [-0.2, -0.15) is 0 Å². The summed E-state index contributed by atoms with van der Waals surface area (Å²) in [5.74, 6) is -0.934. The topological polar surface area (TPSA) is 115 Å². The molecular weight excluding hydrogens is 439 g/mol. The molecule has 10 nitrogen and oxygen atoms in total. The lowest BCUT2D eigenvalue weighted by molar-refractivity contribution is -0.117. The van der Waals surface area contributed by atoms with Gasteiger partial charge in [0.05, 0.1) is 35.0 Å². The molecule has 3 N–H and O–H groups in total. The van der Waals surface area contributed by atoms with Crippen LogP contribution in [0.5, 0.6) is 0 Å². The molecule has 4 heterocycles. The number of aromatic nitrogens is 3. The Bertz CT molecular complexity index is 1370. The summed E-state index contributed by atoms with van der Waals surface area (Å²) in [6.07, 6.45) is 2.29. The molecule has 2 aromatic heterocycles. The summed E-state index contributed by atoms with van der Waals surface area (Å²) < 4.78 is 35.4. The van der Waals surface area contributed by atoms with E-state index in [1.807, 2.05) is 23.3 Å². The van der Waals surface area contributed by atoms with Gasteiger partial charge in [-0.05, 0) is 30.7 Å². The third-order valence-electron chi connectivity index (χ3n) is 5.84. The lowest BCUT2D eigenvalue weighted by atomic mass is 10.1. The number of hydrogen-bond acceptors (Lipinski definition) is 8. The molecule has 0 bridgehead atoms. The maximum Gasteiger partial charge on any atom is 0.273 e. The second-order valence-corrected chi connectivity index (χ2v) is 8.07. The largest absolute Gasteiger partial charge is 0.369 e. The van der Waals surface area contributed by atoms with E-state index in [2.05, 4.69) is 25.8 Å². The maximum atomic E-state index is 13.2. The highest BCUT2D eigenvalue weighted by Crippen LogP contribution is 2.44. The zero-order valence-corrected chi connectivity index (χ0v) is 18.2. The number of para-hydroxylation sites is 1. The molecule has 1 fully saturated rings. The molecule has 2 aliphatic heterocycles. The van der Waals surface area contributed by atoms with Crippen LogP contribution in [0.1, 0.15) is 27.4 Å². The van der Waals surface area contributed by atoms with E-state index < -0.39 is 18.7 Å². The second-order valence-electron chi connectivity index (χ2n) is 8.07. The van der Waals surface area contributed by atoms with Crippen molar-refractivity contribution in [1.82, 2.24) is 20.5 Å². The highest BCUT2D eigenvalue weighted by atomic mass is 19.1. The van der Waals surface area contributed by atoms with Gasteiger partial charge in [-0.3, -0.25) is 9.59 Å². The van der Waals surface area contributed by atoms with Crippen LogP contribution >= 0.6 is 0 Å². The maximum absolute atomic E-state index is 13.2. The molecular formula is C23H23FN8O2. The molecule has 0 saturated carbocycles. The molecule has 1 aromatic carbocycles. The zero-order chi connectivity index (χ0) is 26.3. The monoisotopic (exact) mass is 465 g/mol. The van der Waals surface area contributed by atoms with Crippen LogP contribution in [0.25, 0.3) is 0 Å². The average molecular weight is 466 g/mol. The normalized spacial score (nSPS) is 18.4. The average Bonchev–Trinajstić information content (AvgIpc) is 3.20. The van der Waals surface area contributed by atoms with Crippen LogP contribution in [0, 0.1) is 5.82 Å². The number of benzene rings is 1. The van der Waals surface area contributed by atoms with Crippen LogP contribution in [-0.2, 0) is 4.79 Å². The van der Waals surface area contributed by atoms with Crippen molar-refractivity contribution in [3.63, 3.8) is 0 Å². The fourth-order valence-corrected chi connectivity index (χ4v) is 4.38. The molecule has 34 heavy (non-hydrogen) atoms. The minimum absolute atomic E-state index is 0.0538. The van der Waals surface area contributed by atoms with E-state index in [-0.39, 0.29) is 35.0 Å². The van der Waals surface area contributed by atoms with Gasteiger partial charge in [-0.1, -0.05) is 6.07 Å². The smallest absolute Gasteiger partial charge is 0.273 e. The van der Waals surface area contributed by atoms with Crippen molar-refractivity contribution in [3.05, 3.63) is 54.1 Å². The minimum Gasteiger partial charge on any atom is -0.369 e. The van der Waals surface area contributed by atoms with Crippen LogP contribution in [0.2, 0.25) is 0 Å². The number of rotatable bonds is 5. The first-order valence-electron chi connectivity index (χ1n) is 12.1. The lowest BCUT2D eigenvalue weighted by Crippen LogP contribution is -2.46. The number of halogens is 1. The first kappa shape index (κ1) is 18.2. The molecule has 5 rings (SSSR count). The van der Waals surface area contributed by atoms with Gasteiger partial charge in [-0.25, -0.2) is 9.37 Å². The molecule has 0 aliphatic carbocycles. The van der Waals surface area contributed by atoms with E-state index in [4.69, 9.17) is 4.11 Å². The summed E-state index contributed by atoms with van der Waals surface area (Å²) in [4.78, 5) is 33.1. The zero-order valence-electron chi connectivity index (χ0n) is 21.2. The number of fused-ring (bicyclic) bond motifs is 3. The van der Waals surface area contributed by atoms with Crippen LogP contribution in [-0.4, -0.2) is 53.6 Å². The van der Waals surface area contributed by atoms with E-state index in [9.17, 15) is 14.0 Å². The van der Waals surface area contributed by atoms with E-state index >= 15 is 0 Å². The van der Waals surface area contributed by atoms with E-state index in [1.165, 1.54) is 18.2 Å². The molecule has 2 amide bonds. The number of carbonyl (C=O) groups is 2. The third-order valence-corrected chi connectivity index (χ3v) is 5.84. The quantitative estimate of drug-likeness (QED) is 0.527. The standard InChI is InChI=1S/C23H23FN8O2/c1-25-23(34)21-16(10-19(29-30-21)28-18-8-6-13(24)11-26-18)27-15-4-3-5-17-22(15)31(2)12-14-7-9-20(33)32(14)17/h3-6,8,10-11,14H,7,9,12H2,1-2H3,(H,25,34)(H2,26,27,28,29)/t14-/m1/s1/i1D3. The number of hydrogen-bond donors (Lipinski definition) is 3. The highest BCUT2D eigenvalue weighted by Gasteiger charge is 2.39. The number of carbonyl (C=O) groups excluding carboxylic acids is 2. The number of nitrogens with zero attached hydrogens (tertiary/aromatic N) is 5. The summed E-state index contributed by atoms with van der Waals surface area (Å²) in [6.45, 7) is -2.09. The fourth-order valence-electron chi connectivity index (χ4n) is 4.38. The Balaban J connectivity index is 1.54. The van der Waals surface area contributed by atoms with Crippen molar-refractivity contribution in [3.8, 4) is 0 Å². The van der Waals surface area contributed by atoms with Gasteiger partial charge in [0.25, 0.3) is 5.91 Å². The molecule has 11 heteroatoms. The number of pyridine rings is 1. The first-order valence-corrected chi connectivity index (χ1v) is 10.6. The van der Waals surface area contributed by atoms with Crippen molar-refractivity contribution < 1.29 is 18.1 Å². The van der Waals surface area contributed by atoms with Gasteiger partial charge in [0.15, 0.2) is 11.5 Å². The summed E-state index contributed by atoms with van der Waals surface area (Å²) in [5.41, 5.74) is 2.00. The Morgan fingerprint density at radius 1 is 1.18 bits per heavy atom. The Labute approximate surface area is 199 Å². The van der Waals surface area contributed by atoms with Gasteiger partial charge in [0, 0.05) is 37.2 Å². The summed E-state index contributed by atoms with van der Waals surface area (Å²) in [6, 6.07) is 9.63. The SMILES string of the molecule is [2H]C([2H])([2H])NC(=O)c1nnc(Nc2ccc(F)cn2)cc1Nc1cccc2c1N(C)C[C@H]1CCC(=O)N21.